The van der Waals surface area contributed by atoms with Gasteiger partial charge in [0.15, 0.2) is 0 Å². The molecule has 4 aromatic rings. The summed E-state index contributed by atoms with van der Waals surface area (Å²) in [6.07, 6.45) is 1.60. The van der Waals surface area contributed by atoms with Crippen molar-refractivity contribution in [3.05, 3.63) is 154 Å². The highest BCUT2D eigenvalue weighted by Gasteiger charge is 2.39. The Labute approximate surface area is 244 Å². The number of hydrogen-bond acceptors (Lipinski definition) is 4. The molecule has 0 fully saturated rings. The number of amides is 2. The van der Waals surface area contributed by atoms with Crippen molar-refractivity contribution < 1.29 is 14.4 Å². The van der Waals surface area contributed by atoms with E-state index >= 15 is 0 Å². The fourth-order valence-electron chi connectivity index (χ4n) is 4.47. The van der Waals surface area contributed by atoms with Crippen molar-refractivity contribution >= 4 is 29.4 Å². The van der Waals surface area contributed by atoms with Gasteiger partial charge in [-0.3, -0.25) is 19.3 Å². The van der Waals surface area contributed by atoms with Gasteiger partial charge in [-0.05, 0) is 55.6 Å². The lowest BCUT2D eigenvalue weighted by Gasteiger charge is -2.35. The second-order valence-electron chi connectivity index (χ2n) is 10.6. The first-order valence-electron chi connectivity index (χ1n) is 13.4. The largest absolute Gasteiger partial charge is 0.349 e. The van der Waals surface area contributed by atoms with Gasteiger partial charge in [0, 0.05) is 27.3 Å². The topological polar surface area (TPSA) is 115 Å². The van der Waals surface area contributed by atoms with Gasteiger partial charge in [0.2, 0.25) is 11.7 Å². The predicted molar refractivity (Wildman–Crippen MR) is 164 cm³/mol. The molecular weight excluding hydrogens is 526 g/mol. The molecule has 210 valence electrons. The van der Waals surface area contributed by atoms with Crippen LogP contribution in [-0.4, -0.2) is 28.0 Å². The number of ketones is 1. The van der Waals surface area contributed by atoms with Gasteiger partial charge in [-0.1, -0.05) is 108 Å². The van der Waals surface area contributed by atoms with Crippen LogP contribution in [0.15, 0.2) is 126 Å². The second kappa shape index (κ2) is 13.3. The maximum atomic E-state index is 14.5. The maximum absolute atomic E-state index is 14.5. The number of Topliss-reactive ketones (excluding diaryl/α,β-unsaturated/α-hetero) is 1. The van der Waals surface area contributed by atoms with E-state index in [0.717, 1.165) is 0 Å². The van der Waals surface area contributed by atoms with E-state index in [1.165, 1.54) is 4.90 Å². The summed E-state index contributed by atoms with van der Waals surface area (Å²) in [7, 11) is 0. The molecular formula is C34H31N5O3. The van der Waals surface area contributed by atoms with E-state index in [2.05, 4.69) is 15.3 Å². The molecule has 8 nitrogen and oxygen atoms in total. The summed E-state index contributed by atoms with van der Waals surface area (Å²) in [4.78, 5) is 47.2. The Morgan fingerprint density at radius 2 is 1.31 bits per heavy atom. The Morgan fingerprint density at radius 1 is 0.786 bits per heavy atom. The van der Waals surface area contributed by atoms with Crippen LogP contribution in [0.5, 0.6) is 0 Å². The number of allylic oxidation sites excluding steroid dienone is 1. The third-order valence-corrected chi connectivity index (χ3v) is 6.26. The molecule has 1 atom stereocenters. The van der Waals surface area contributed by atoms with Crippen molar-refractivity contribution in [3.8, 4) is 0 Å². The smallest absolute Gasteiger partial charge is 0.259 e. The third-order valence-electron chi connectivity index (χ3n) is 6.26. The summed E-state index contributed by atoms with van der Waals surface area (Å²) in [5.74, 6) is -1.59. The first-order chi connectivity index (χ1) is 20.2. The molecule has 0 heterocycles. The Balaban J connectivity index is 2.07. The normalized spacial score (nSPS) is 12.0. The monoisotopic (exact) mass is 557 g/mol. The SMILES string of the molecule is CC(C)(C)NC(=O)C(c1ccccc1N=[N+]=[N-])N(C(=O)c1ccccc1)/C(=C/c1ccccc1)C(=O)c1ccccc1. The van der Waals surface area contributed by atoms with Gasteiger partial charge < -0.3 is 5.32 Å². The van der Waals surface area contributed by atoms with Crippen molar-refractivity contribution in [2.24, 2.45) is 5.11 Å². The summed E-state index contributed by atoms with van der Waals surface area (Å²) < 4.78 is 0. The predicted octanol–water partition coefficient (Wildman–Crippen LogP) is 7.65. The highest BCUT2D eigenvalue weighted by Crippen LogP contribution is 2.36. The fraction of sp³-hybridized carbons (Fsp3) is 0.147. The molecule has 0 saturated carbocycles. The van der Waals surface area contributed by atoms with E-state index in [9.17, 15) is 19.9 Å². The van der Waals surface area contributed by atoms with Crippen molar-refractivity contribution in [3.63, 3.8) is 0 Å². The van der Waals surface area contributed by atoms with Crippen LogP contribution >= 0.6 is 0 Å². The molecule has 8 heteroatoms. The second-order valence-corrected chi connectivity index (χ2v) is 10.6. The van der Waals surface area contributed by atoms with Crippen LogP contribution in [-0.2, 0) is 4.79 Å². The van der Waals surface area contributed by atoms with Gasteiger partial charge in [-0.2, -0.15) is 0 Å². The Kier molecular flexibility index (Phi) is 9.32. The lowest BCUT2D eigenvalue weighted by Crippen LogP contribution is -2.49. The molecule has 4 aromatic carbocycles. The molecule has 0 aliphatic heterocycles. The van der Waals surface area contributed by atoms with Crippen LogP contribution in [0.1, 0.15) is 58.7 Å². The molecule has 1 N–H and O–H groups in total. The molecule has 0 aromatic heterocycles. The van der Waals surface area contributed by atoms with Crippen molar-refractivity contribution in [1.82, 2.24) is 10.2 Å². The Bertz CT molecular complexity index is 1640. The van der Waals surface area contributed by atoms with Crippen LogP contribution in [0.2, 0.25) is 0 Å². The summed E-state index contributed by atoms with van der Waals surface area (Å²) in [6.45, 7) is 5.46. The lowest BCUT2D eigenvalue weighted by atomic mass is 9.96. The molecule has 0 saturated heterocycles. The minimum Gasteiger partial charge on any atom is -0.349 e. The van der Waals surface area contributed by atoms with Crippen molar-refractivity contribution in [2.45, 2.75) is 32.4 Å². The van der Waals surface area contributed by atoms with E-state index in [1.807, 2.05) is 51.1 Å². The molecule has 4 rings (SSSR count). The number of nitrogens with one attached hydrogen (secondary N) is 1. The molecule has 1 unspecified atom stereocenters. The Morgan fingerprint density at radius 3 is 1.88 bits per heavy atom. The first-order valence-corrected chi connectivity index (χ1v) is 13.4. The third kappa shape index (κ3) is 7.18. The molecule has 0 bridgehead atoms. The van der Waals surface area contributed by atoms with E-state index in [1.54, 1.807) is 91.0 Å². The standard InChI is InChI=1S/C34H31N5O3/c1-34(2,3)36-32(41)30(27-21-13-14-22-28(27)37-38-35)39(33(42)26-19-11-6-12-20-26)29(23-24-15-7-4-8-16-24)31(40)25-17-9-5-10-18-25/h4-23,30H,1-3H3,(H,36,41)/b29-23+. The molecule has 42 heavy (non-hydrogen) atoms. The van der Waals surface area contributed by atoms with E-state index in [0.29, 0.717) is 11.1 Å². The molecule has 0 aliphatic carbocycles. The van der Waals surface area contributed by atoms with E-state index in [-0.39, 0.29) is 22.5 Å². The zero-order valence-electron chi connectivity index (χ0n) is 23.6. The van der Waals surface area contributed by atoms with Crippen LogP contribution in [0.4, 0.5) is 5.69 Å². The van der Waals surface area contributed by atoms with Crippen molar-refractivity contribution in [2.75, 3.05) is 0 Å². The van der Waals surface area contributed by atoms with Gasteiger partial charge in [0.1, 0.15) is 6.04 Å². The summed E-state index contributed by atoms with van der Waals surface area (Å²) in [6, 6.07) is 31.3. The number of benzene rings is 4. The quantitative estimate of drug-likeness (QED) is 0.0749. The number of carbonyl (C=O) groups is 3. The molecule has 2 amide bonds. The van der Waals surface area contributed by atoms with E-state index < -0.39 is 29.2 Å². The van der Waals surface area contributed by atoms with Crippen LogP contribution in [0, 0.1) is 0 Å². The molecule has 0 spiro atoms. The first kappa shape index (κ1) is 29.5. The number of carbonyl (C=O) groups excluding carboxylic acids is 3. The summed E-state index contributed by atoms with van der Waals surface area (Å²) in [5, 5.41) is 6.79. The summed E-state index contributed by atoms with van der Waals surface area (Å²) >= 11 is 0. The van der Waals surface area contributed by atoms with Gasteiger partial charge in [0.05, 0.1) is 5.70 Å². The molecule has 0 aliphatic rings. The van der Waals surface area contributed by atoms with Gasteiger partial charge in [-0.15, -0.1) is 0 Å². The van der Waals surface area contributed by atoms with Gasteiger partial charge in [-0.25, -0.2) is 0 Å². The minimum atomic E-state index is -1.37. The average Bonchev–Trinajstić information content (AvgIpc) is 2.99. The van der Waals surface area contributed by atoms with Crippen molar-refractivity contribution in [1.29, 1.82) is 0 Å². The molecule has 0 radical (unpaired) electrons. The highest BCUT2D eigenvalue weighted by atomic mass is 16.2. The number of nitrogens with zero attached hydrogens (tertiary/aromatic N) is 4. The van der Waals surface area contributed by atoms with Crippen LogP contribution in [0.3, 0.4) is 0 Å². The van der Waals surface area contributed by atoms with Gasteiger partial charge >= 0.3 is 0 Å². The maximum Gasteiger partial charge on any atom is 0.259 e. The number of hydrogen-bond donors (Lipinski definition) is 1. The number of rotatable bonds is 9. The van der Waals surface area contributed by atoms with Gasteiger partial charge in [0.25, 0.3) is 5.91 Å². The highest BCUT2D eigenvalue weighted by molar-refractivity contribution is 6.15. The lowest BCUT2D eigenvalue weighted by molar-refractivity contribution is -0.126. The van der Waals surface area contributed by atoms with Crippen LogP contribution < -0.4 is 5.32 Å². The summed E-state index contributed by atoms with van der Waals surface area (Å²) in [5.41, 5.74) is 10.3. The average molecular weight is 558 g/mol. The zero-order chi connectivity index (χ0) is 30.1. The van der Waals surface area contributed by atoms with E-state index in [4.69, 9.17) is 0 Å². The minimum absolute atomic E-state index is 0.0222. The zero-order valence-corrected chi connectivity index (χ0v) is 23.6. The number of azide groups is 1. The van der Waals surface area contributed by atoms with Crippen LogP contribution in [0.25, 0.3) is 16.5 Å². The fourth-order valence-corrected chi connectivity index (χ4v) is 4.47. The Hall–Kier alpha value is -5.46.